The quantitative estimate of drug-likeness (QED) is 0.0386. The first-order valence-corrected chi connectivity index (χ1v) is 15.0. The molecular formula is C32H29Cl2N9O4. The van der Waals surface area contributed by atoms with E-state index in [2.05, 4.69) is 41.0 Å². The van der Waals surface area contributed by atoms with E-state index >= 15 is 0 Å². The molecular weight excluding hydrogens is 645 g/mol. The van der Waals surface area contributed by atoms with Crippen molar-refractivity contribution in [2.45, 2.75) is 25.6 Å². The number of methoxy groups -OCH3 is 1. The van der Waals surface area contributed by atoms with E-state index in [1.165, 1.54) is 19.5 Å². The molecule has 0 radical (unpaired) electrons. The first-order chi connectivity index (χ1) is 22.7. The number of hydrogen-bond acceptors (Lipinski definition) is 7. The van der Waals surface area contributed by atoms with Crippen molar-refractivity contribution in [3.05, 3.63) is 105 Å². The van der Waals surface area contributed by atoms with E-state index in [-0.39, 0.29) is 23.3 Å². The van der Waals surface area contributed by atoms with Crippen molar-refractivity contribution >= 4 is 64.9 Å². The molecule has 0 bridgehead atoms. The summed E-state index contributed by atoms with van der Waals surface area (Å²) in [5.41, 5.74) is 11.6. The third-order valence-electron chi connectivity index (χ3n) is 7.25. The van der Waals surface area contributed by atoms with Crippen LogP contribution in [0.2, 0.25) is 10.2 Å². The molecule has 47 heavy (non-hydrogen) atoms. The number of nitrogens with zero attached hydrogens (tertiary/aromatic N) is 4. The first kappa shape index (κ1) is 32.9. The number of nitrogens with one attached hydrogen (secondary N) is 5. The molecule has 1 aromatic heterocycles. The summed E-state index contributed by atoms with van der Waals surface area (Å²) in [7, 11) is 1.27. The number of halogens is 2. The van der Waals surface area contributed by atoms with Crippen LogP contribution in [0.3, 0.4) is 0 Å². The Bertz CT molecular complexity index is 1830. The summed E-state index contributed by atoms with van der Waals surface area (Å²) in [6.45, 7) is 0.931. The van der Waals surface area contributed by atoms with Crippen molar-refractivity contribution in [1.82, 2.24) is 20.2 Å². The molecule has 1 aliphatic rings. The molecule has 5 rings (SSSR count). The summed E-state index contributed by atoms with van der Waals surface area (Å²) in [5, 5.41) is 15.4. The van der Waals surface area contributed by atoms with E-state index in [1.54, 1.807) is 53.4 Å². The number of carbonyl (C=O) groups is 3. The fourth-order valence-electron chi connectivity index (χ4n) is 4.95. The standard InChI is InChI=1S/C32H29Cl2N9O4/c1-47-32(46)38-24-10-6-19(7-11-24)29-30(34)41-31(40-29)26(15-28(45)43-16-21-4-2-3-5-22(21)17-43)39-27(44)13-8-20-14-23(33)9-12-25(20)36-18-37-42-35/h2-14,18,26H,15-17H2,1H3,(H,38,46)(H,39,44)(H,40,41)(H2,35,36,37)/b13-8+/t26-/m0/s1. The summed E-state index contributed by atoms with van der Waals surface area (Å²) in [6, 6.07) is 18.8. The normalized spacial score (nSPS) is 13.0. The maximum Gasteiger partial charge on any atom is 0.411 e. The van der Waals surface area contributed by atoms with E-state index in [1.807, 2.05) is 24.3 Å². The van der Waals surface area contributed by atoms with Crippen LogP contribution in [0.5, 0.6) is 0 Å². The number of carbonyl (C=O) groups excluding carboxylic acids is 3. The largest absolute Gasteiger partial charge is 0.453 e. The minimum absolute atomic E-state index is 0.0874. The van der Waals surface area contributed by atoms with Gasteiger partial charge in [-0.05, 0) is 53.1 Å². The Kier molecular flexibility index (Phi) is 10.6. The van der Waals surface area contributed by atoms with Crippen LogP contribution in [0.4, 0.5) is 16.2 Å². The average Bonchev–Trinajstić information content (AvgIpc) is 3.68. The fourth-order valence-corrected chi connectivity index (χ4v) is 5.38. The highest BCUT2D eigenvalue weighted by Gasteiger charge is 2.28. The Morgan fingerprint density at radius 2 is 1.81 bits per heavy atom. The lowest BCUT2D eigenvalue weighted by Crippen LogP contribution is -2.34. The number of fused-ring (bicyclic) bond motifs is 1. The van der Waals surface area contributed by atoms with Crippen LogP contribution in [-0.2, 0) is 27.4 Å². The molecule has 240 valence electrons. The minimum atomic E-state index is -0.863. The van der Waals surface area contributed by atoms with Gasteiger partial charge >= 0.3 is 6.09 Å². The second-order valence-corrected chi connectivity index (χ2v) is 11.1. The molecule has 1 atom stereocenters. The maximum atomic E-state index is 13.6. The molecule has 0 spiro atoms. The zero-order valence-corrected chi connectivity index (χ0v) is 26.5. The number of anilines is 2. The van der Waals surface area contributed by atoms with E-state index in [0.717, 1.165) is 11.1 Å². The Hall–Kier alpha value is -5.53. The first-order valence-electron chi connectivity index (χ1n) is 14.2. The number of aromatic amines is 1. The third-order valence-corrected chi connectivity index (χ3v) is 7.76. The van der Waals surface area contributed by atoms with Gasteiger partial charge in [-0.1, -0.05) is 64.8 Å². The molecule has 5 N–H and O–H groups in total. The van der Waals surface area contributed by atoms with Gasteiger partial charge in [0.1, 0.15) is 23.0 Å². The molecule has 0 aliphatic carbocycles. The van der Waals surface area contributed by atoms with E-state index in [4.69, 9.17) is 28.7 Å². The van der Waals surface area contributed by atoms with Crippen molar-refractivity contribution in [3.63, 3.8) is 0 Å². The predicted octanol–water partition coefficient (Wildman–Crippen LogP) is 6.75. The summed E-state index contributed by atoms with van der Waals surface area (Å²) in [4.78, 5) is 47.8. The van der Waals surface area contributed by atoms with Gasteiger partial charge in [0.2, 0.25) is 11.8 Å². The molecule has 3 amide bonds. The Morgan fingerprint density at radius 3 is 2.49 bits per heavy atom. The molecule has 0 fully saturated rings. The minimum Gasteiger partial charge on any atom is -0.453 e. The second-order valence-electron chi connectivity index (χ2n) is 10.3. The summed E-state index contributed by atoms with van der Waals surface area (Å²) >= 11 is 12.8. The van der Waals surface area contributed by atoms with Crippen molar-refractivity contribution in [3.8, 4) is 11.3 Å². The molecule has 15 heteroatoms. The van der Waals surface area contributed by atoms with E-state index < -0.39 is 18.0 Å². The molecule has 0 unspecified atom stereocenters. The fraction of sp³-hybridized carbons (Fsp3) is 0.156. The van der Waals surface area contributed by atoms with Gasteiger partial charge in [-0.3, -0.25) is 14.9 Å². The predicted molar refractivity (Wildman–Crippen MR) is 179 cm³/mol. The Morgan fingerprint density at radius 1 is 1.09 bits per heavy atom. The highest BCUT2D eigenvalue weighted by molar-refractivity contribution is 6.32. The van der Waals surface area contributed by atoms with Crippen LogP contribution in [0, 0.1) is 5.53 Å². The number of rotatable bonds is 11. The molecule has 2 heterocycles. The lowest BCUT2D eigenvalue weighted by Gasteiger charge is -2.20. The number of imidazole rings is 1. The molecule has 0 saturated heterocycles. The van der Waals surface area contributed by atoms with E-state index in [9.17, 15) is 14.4 Å². The van der Waals surface area contributed by atoms with Crippen LogP contribution in [0.15, 0.2) is 83.1 Å². The highest BCUT2D eigenvalue weighted by Crippen LogP contribution is 2.31. The zero-order chi connectivity index (χ0) is 33.3. The summed E-state index contributed by atoms with van der Waals surface area (Å²) < 4.78 is 4.63. The van der Waals surface area contributed by atoms with Crippen molar-refractivity contribution < 1.29 is 19.1 Å². The van der Waals surface area contributed by atoms with Crippen LogP contribution in [0.25, 0.3) is 17.3 Å². The number of ether oxygens (including phenoxy) is 1. The second kappa shape index (κ2) is 15.2. The van der Waals surface area contributed by atoms with Crippen molar-refractivity contribution in [2.75, 3.05) is 17.7 Å². The van der Waals surface area contributed by atoms with Gasteiger partial charge < -0.3 is 25.3 Å². The average molecular weight is 675 g/mol. The van der Waals surface area contributed by atoms with E-state index in [0.29, 0.717) is 46.3 Å². The van der Waals surface area contributed by atoms with Crippen LogP contribution >= 0.6 is 23.2 Å². The van der Waals surface area contributed by atoms with Gasteiger partial charge in [-0.25, -0.2) is 9.78 Å². The van der Waals surface area contributed by atoms with Gasteiger partial charge in [0.15, 0.2) is 0 Å². The number of benzene rings is 3. The topological polar surface area (TPSA) is 177 Å². The number of aromatic nitrogens is 2. The molecule has 1 aliphatic heterocycles. The third kappa shape index (κ3) is 8.39. The lowest BCUT2D eigenvalue weighted by molar-refractivity contribution is -0.132. The Balaban J connectivity index is 1.38. The summed E-state index contributed by atoms with van der Waals surface area (Å²) in [5.74, 6) is -0.391. The van der Waals surface area contributed by atoms with Crippen LogP contribution in [-0.4, -0.2) is 46.2 Å². The van der Waals surface area contributed by atoms with Gasteiger partial charge in [-0.2, -0.15) is 5.53 Å². The van der Waals surface area contributed by atoms with Crippen LogP contribution in [0.1, 0.15) is 35.0 Å². The maximum absolute atomic E-state index is 13.6. The van der Waals surface area contributed by atoms with Gasteiger partial charge in [-0.15, -0.1) is 5.10 Å². The van der Waals surface area contributed by atoms with Gasteiger partial charge in [0.25, 0.3) is 0 Å². The van der Waals surface area contributed by atoms with Gasteiger partial charge in [0, 0.05) is 41.1 Å². The summed E-state index contributed by atoms with van der Waals surface area (Å²) in [6.07, 6.45) is 3.40. The van der Waals surface area contributed by atoms with Gasteiger partial charge in [0.05, 0.1) is 19.6 Å². The zero-order valence-electron chi connectivity index (χ0n) is 25.0. The van der Waals surface area contributed by atoms with Crippen LogP contribution < -0.4 is 16.0 Å². The number of H-pyrrole nitrogens is 1. The SMILES string of the molecule is COC(=O)Nc1ccc(-c2nc([C@H](CC(=O)N3Cc4ccccc4C3)NC(=O)/C=C/c3cc(Cl)ccc3N/C=N\N=N)[nH]c2Cl)cc1. The lowest BCUT2D eigenvalue weighted by atomic mass is 10.1. The monoisotopic (exact) mass is 673 g/mol. The molecule has 13 nitrogen and oxygen atoms in total. The highest BCUT2D eigenvalue weighted by atomic mass is 35.5. The van der Waals surface area contributed by atoms with Crippen molar-refractivity contribution in [1.29, 1.82) is 5.53 Å². The number of amides is 3. The smallest absolute Gasteiger partial charge is 0.411 e. The Labute approximate surface area is 279 Å². The molecule has 4 aromatic rings. The molecule has 3 aromatic carbocycles. The van der Waals surface area contributed by atoms with Crippen molar-refractivity contribution in [2.24, 2.45) is 10.3 Å². The molecule has 0 saturated carbocycles. The number of hydrogen-bond donors (Lipinski definition) is 5.